The number of aliphatic hydroxyl groups excluding tert-OH is 1. The lowest BCUT2D eigenvalue weighted by atomic mass is 9.98. The Morgan fingerprint density at radius 3 is 2.65 bits per heavy atom. The molecule has 0 aromatic carbocycles. The van der Waals surface area contributed by atoms with E-state index in [4.69, 9.17) is 14.2 Å². The molecule has 7 heteroatoms. The van der Waals surface area contributed by atoms with Crippen LogP contribution < -0.4 is 0 Å². The van der Waals surface area contributed by atoms with Crippen LogP contribution in [0.15, 0.2) is 12.2 Å². The predicted octanol–water partition coefficient (Wildman–Crippen LogP) is 2.30. The van der Waals surface area contributed by atoms with Crippen molar-refractivity contribution in [2.24, 2.45) is 5.92 Å². The van der Waals surface area contributed by atoms with E-state index in [2.05, 4.69) is 0 Å². The fraction of sp³-hybridized carbons (Fsp3) is 0.737. The Morgan fingerprint density at radius 1 is 1.35 bits per heavy atom. The zero-order chi connectivity index (χ0) is 19.7. The van der Waals surface area contributed by atoms with E-state index in [1.165, 1.54) is 13.8 Å². The van der Waals surface area contributed by atoms with E-state index in [1.807, 2.05) is 6.08 Å². The van der Waals surface area contributed by atoms with Crippen molar-refractivity contribution in [1.29, 1.82) is 0 Å². The Balaban J connectivity index is 2.69. The van der Waals surface area contributed by atoms with E-state index >= 15 is 0 Å². The highest BCUT2D eigenvalue weighted by Crippen LogP contribution is 2.21. The van der Waals surface area contributed by atoms with Crippen LogP contribution in [0, 0.1) is 5.92 Å². The normalized spacial score (nSPS) is 29.2. The topological polar surface area (TPSA) is 99.1 Å². The number of ether oxygens (including phenoxy) is 3. The fourth-order valence-electron chi connectivity index (χ4n) is 2.85. The molecule has 0 saturated carbocycles. The number of carbonyl (C=O) groups is 3. The number of hydrogen-bond acceptors (Lipinski definition) is 7. The molecule has 0 fully saturated rings. The molecule has 1 aliphatic heterocycles. The standard InChI is InChI=1S/C19H30O7/c1-12(24-14(3)20)8-7-11-18-16(22)9-5-6-10-17(25-15(4)21)13(2)19(23)26-18/h6,10,12-13,16-18,22H,5,7-9,11H2,1-4H3/b10-6+/t12-,13+,16-,17+,18+/m0/s1. The summed E-state index contributed by atoms with van der Waals surface area (Å²) in [4.78, 5) is 34.6. The van der Waals surface area contributed by atoms with Gasteiger partial charge in [0.1, 0.15) is 12.2 Å². The molecule has 0 aromatic rings. The van der Waals surface area contributed by atoms with Gasteiger partial charge >= 0.3 is 17.9 Å². The maximum atomic E-state index is 12.4. The summed E-state index contributed by atoms with van der Waals surface area (Å²) in [5, 5.41) is 10.3. The van der Waals surface area contributed by atoms with Gasteiger partial charge in [0.15, 0.2) is 0 Å². The van der Waals surface area contributed by atoms with Gasteiger partial charge in [-0.15, -0.1) is 0 Å². The first-order valence-corrected chi connectivity index (χ1v) is 9.10. The van der Waals surface area contributed by atoms with E-state index in [-0.39, 0.29) is 12.1 Å². The van der Waals surface area contributed by atoms with Gasteiger partial charge in [0.05, 0.1) is 18.1 Å². The van der Waals surface area contributed by atoms with Gasteiger partial charge in [-0.25, -0.2) is 0 Å². The number of rotatable bonds is 6. The van der Waals surface area contributed by atoms with Crippen molar-refractivity contribution in [2.45, 2.75) is 84.2 Å². The van der Waals surface area contributed by atoms with Crippen LogP contribution in [-0.2, 0) is 28.6 Å². The second kappa shape index (κ2) is 11.0. The molecule has 0 aromatic heterocycles. The second-order valence-corrected chi connectivity index (χ2v) is 6.76. The number of cyclic esters (lactones) is 1. The van der Waals surface area contributed by atoms with Crippen LogP contribution in [0.1, 0.15) is 59.8 Å². The molecular weight excluding hydrogens is 340 g/mol. The molecule has 1 rings (SSSR count). The van der Waals surface area contributed by atoms with Gasteiger partial charge in [-0.1, -0.05) is 6.08 Å². The molecule has 5 atom stereocenters. The highest BCUT2D eigenvalue weighted by molar-refractivity contribution is 5.74. The zero-order valence-electron chi connectivity index (χ0n) is 16.0. The van der Waals surface area contributed by atoms with E-state index < -0.39 is 36.2 Å². The highest BCUT2D eigenvalue weighted by atomic mass is 16.6. The van der Waals surface area contributed by atoms with E-state index in [0.29, 0.717) is 32.1 Å². The van der Waals surface area contributed by atoms with Gasteiger partial charge in [-0.05, 0) is 52.0 Å². The summed E-state index contributed by atoms with van der Waals surface area (Å²) in [5.74, 6) is -1.98. The average molecular weight is 370 g/mol. The molecule has 0 unspecified atom stereocenters. The monoisotopic (exact) mass is 370 g/mol. The van der Waals surface area contributed by atoms with Crippen LogP contribution in [0.2, 0.25) is 0 Å². The summed E-state index contributed by atoms with van der Waals surface area (Å²) in [6.45, 7) is 6.08. The number of aliphatic hydroxyl groups is 1. The van der Waals surface area contributed by atoms with Crippen LogP contribution in [0.5, 0.6) is 0 Å². The van der Waals surface area contributed by atoms with Crippen molar-refractivity contribution >= 4 is 17.9 Å². The molecule has 0 aliphatic carbocycles. The zero-order valence-corrected chi connectivity index (χ0v) is 16.0. The average Bonchev–Trinajstić information content (AvgIpc) is 2.53. The third-order valence-electron chi connectivity index (χ3n) is 4.28. The maximum absolute atomic E-state index is 12.4. The van der Waals surface area contributed by atoms with Gasteiger partial charge in [0.25, 0.3) is 0 Å². The van der Waals surface area contributed by atoms with Crippen LogP contribution >= 0.6 is 0 Å². The van der Waals surface area contributed by atoms with E-state index in [0.717, 1.165) is 0 Å². The van der Waals surface area contributed by atoms with Crippen LogP contribution in [0.3, 0.4) is 0 Å². The molecule has 0 saturated heterocycles. The van der Waals surface area contributed by atoms with Gasteiger partial charge in [0.2, 0.25) is 0 Å². The van der Waals surface area contributed by atoms with Crippen LogP contribution in [0.25, 0.3) is 0 Å². The van der Waals surface area contributed by atoms with E-state index in [1.54, 1.807) is 19.9 Å². The Bertz CT molecular complexity index is 514. The van der Waals surface area contributed by atoms with Crippen molar-refractivity contribution in [3.63, 3.8) is 0 Å². The fourth-order valence-corrected chi connectivity index (χ4v) is 2.85. The third-order valence-corrected chi connectivity index (χ3v) is 4.28. The molecule has 0 bridgehead atoms. The minimum Gasteiger partial charge on any atom is -0.463 e. The Kier molecular flexibility index (Phi) is 9.34. The summed E-state index contributed by atoms with van der Waals surface area (Å²) in [5.41, 5.74) is 0. The molecule has 26 heavy (non-hydrogen) atoms. The number of allylic oxidation sites excluding steroid dienone is 1. The summed E-state index contributed by atoms with van der Waals surface area (Å²) < 4.78 is 15.8. The smallest absolute Gasteiger partial charge is 0.313 e. The van der Waals surface area contributed by atoms with Crippen molar-refractivity contribution in [2.75, 3.05) is 0 Å². The highest BCUT2D eigenvalue weighted by Gasteiger charge is 2.31. The first-order valence-electron chi connectivity index (χ1n) is 9.10. The maximum Gasteiger partial charge on any atom is 0.313 e. The first kappa shape index (κ1) is 22.2. The van der Waals surface area contributed by atoms with Gasteiger partial charge in [-0.3, -0.25) is 14.4 Å². The minimum absolute atomic E-state index is 0.227. The summed E-state index contributed by atoms with van der Waals surface area (Å²) in [6, 6.07) is 0. The van der Waals surface area contributed by atoms with Gasteiger partial charge < -0.3 is 19.3 Å². The van der Waals surface area contributed by atoms with Crippen molar-refractivity contribution in [3.8, 4) is 0 Å². The van der Waals surface area contributed by atoms with Crippen LogP contribution in [-0.4, -0.2) is 47.4 Å². The van der Waals surface area contributed by atoms with Gasteiger partial charge in [0, 0.05) is 13.8 Å². The quantitative estimate of drug-likeness (QED) is 0.435. The van der Waals surface area contributed by atoms with Gasteiger partial charge in [-0.2, -0.15) is 0 Å². The molecular formula is C19H30O7. The molecule has 1 heterocycles. The molecule has 148 valence electrons. The Labute approximate surface area is 154 Å². The van der Waals surface area contributed by atoms with Crippen molar-refractivity contribution < 1.29 is 33.7 Å². The first-order chi connectivity index (χ1) is 12.2. The summed E-state index contributed by atoms with van der Waals surface area (Å²) in [6.07, 6.45) is 3.91. The molecule has 0 spiro atoms. The summed E-state index contributed by atoms with van der Waals surface area (Å²) in [7, 11) is 0. The van der Waals surface area contributed by atoms with E-state index in [9.17, 15) is 19.5 Å². The van der Waals surface area contributed by atoms with Crippen LogP contribution in [0.4, 0.5) is 0 Å². The largest absolute Gasteiger partial charge is 0.463 e. The predicted molar refractivity (Wildman–Crippen MR) is 94.1 cm³/mol. The molecule has 0 amide bonds. The third kappa shape index (κ3) is 7.99. The Hall–Kier alpha value is -1.89. The molecule has 1 N–H and O–H groups in total. The summed E-state index contributed by atoms with van der Waals surface area (Å²) >= 11 is 0. The molecule has 0 radical (unpaired) electrons. The lowest BCUT2D eigenvalue weighted by Crippen LogP contribution is -2.37. The Morgan fingerprint density at radius 2 is 2.04 bits per heavy atom. The number of esters is 3. The van der Waals surface area contributed by atoms with Crippen molar-refractivity contribution in [1.82, 2.24) is 0 Å². The SMILES string of the molecule is CC(=O)O[C@@H](C)CCC[C@H]1OC(=O)[C@H](C)[C@H](OC(C)=O)/C=C/CC[C@@H]1O. The van der Waals surface area contributed by atoms with Crippen molar-refractivity contribution in [3.05, 3.63) is 12.2 Å². The number of carbonyl (C=O) groups excluding carboxylic acids is 3. The lowest BCUT2D eigenvalue weighted by molar-refractivity contribution is -0.166. The lowest BCUT2D eigenvalue weighted by Gasteiger charge is -2.28. The molecule has 1 aliphatic rings. The minimum atomic E-state index is -0.773. The number of hydrogen-bond donors (Lipinski definition) is 1. The second-order valence-electron chi connectivity index (χ2n) is 6.76. The molecule has 7 nitrogen and oxygen atoms in total.